The molecule has 0 aromatic carbocycles. The number of rotatable bonds is 8. The molecule has 0 saturated heterocycles. The molecule has 0 amide bonds. The second-order valence-corrected chi connectivity index (χ2v) is 7.05. The van der Waals surface area contributed by atoms with Crippen LogP contribution in [0.1, 0.15) is 50.8 Å². The van der Waals surface area contributed by atoms with Gasteiger partial charge in [0.2, 0.25) is 0 Å². The summed E-state index contributed by atoms with van der Waals surface area (Å²) in [5.74, 6) is 0.707. The van der Waals surface area contributed by atoms with Gasteiger partial charge in [-0.2, -0.15) is 0 Å². The third-order valence-corrected chi connectivity index (χ3v) is 4.08. The number of ether oxygens (including phenoxy) is 1. The van der Waals surface area contributed by atoms with Gasteiger partial charge < -0.3 is 10.1 Å². The highest BCUT2D eigenvalue weighted by Crippen LogP contribution is 2.21. The highest BCUT2D eigenvalue weighted by Gasteiger charge is 2.15. The first kappa shape index (κ1) is 15.7. The van der Waals surface area contributed by atoms with Gasteiger partial charge in [-0.05, 0) is 44.9 Å². The number of hydrogen-bond acceptors (Lipinski definition) is 3. The van der Waals surface area contributed by atoms with Crippen molar-refractivity contribution in [3.63, 3.8) is 0 Å². The van der Waals surface area contributed by atoms with E-state index in [1.54, 1.807) is 0 Å². The summed E-state index contributed by atoms with van der Waals surface area (Å²) in [6.07, 6.45) is 1.04. The molecule has 0 aliphatic heterocycles. The summed E-state index contributed by atoms with van der Waals surface area (Å²) in [7, 11) is 0. The zero-order valence-corrected chi connectivity index (χ0v) is 13.2. The van der Waals surface area contributed by atoms with Crippen LogP contribution in [0.15, 0.2) is 12.1 Å². The molecule has 0 radical (unpaired) electrons. The largest absolute Gasteiger partial charge is 0.370 e. The lowest BCUT2D eigenvalue weighted by Crippen LogP contribution is -2.22. The molecule has 0 atom stereocenters. The summed E-state index contributed by atoms with van der Waals surface area (Å²) < 4.78 is 5.91. The average Bonchev–Trinajstić information content (AvgIpc) is 2.74. The number of nitrogens with one attached hydrogen (secondary N) is 1. The van der Waals surface area contributed by atoms with Gasteiger partial charge in [-0.25, -0.2) is 0 Å². The Kier molecular flexibility index (Phi) is 6.33. The summed E-state index contributed by atoms with van der Waals surface area (Å²) in [4.78, 5) is 2.71. The maximum atomic E-state index is 5.91. The molecular weight excluding hydrogens is 242 g/mol. The van der Waals surface area contributed by atoms with E-state index in [0.717, 1.165) is 26.1 Å². The third-order valence-electron chi connectivity index (χ3n) is 3.03. The van der Waals surface area contributed by atoms with E-state index in [2.05, 4.69) is 52.1 Å². The van der Waals surface area contributed by atoms with Crippen LogP contribution in [0, 0.1) is 5.92 Å². The van der Waals surface area contributed by atoms with E-state index in [0.29, 0.717) is 5.92 Å². The van der Waals surface area contributed by atoms with Crippen molar-refractivity contribution in [3.8, 4) is 0 Å². The van der Waals surface area contributed by atoms with Gasteiger partial charge >= 0.3 is 0 Å². The van der Waals surface area contributed by atoms with E-state index in [9.17, 15) is 0 Å². The molecule has 0 fully saturated rings. The molecule has 104 valence electrons. The fraction of sp³-hybridized carbons (Fsp3) is 0.733. The molecule has 1 N–H and O–H groups in total. The predicted octanol–water partition coefficient (Wildman–Crippen LogP) is 4.20. The van der Waals surface area contributed by atoms with Crippen LogP contribution in [-0.4, -0.2) is 12.1 Å². The molecule has 0 aliphatic carbocycles. The molecule has 1 rings (SSSR count). The number of thiophene rings is 1. The van der Waals surface area contributed by atoms with Gasteiger partial charge in [0, 0.05) is 16.3 Å². The Morgan fingerprint density at radius 1 is 1.28 bits per heavy atom. The quantitative estimate of drug-likeness (QED) is 0.763. The Morgan fingerprint density at radius 2 is 1.94 bits per heavy atom. The molecule has 1 aromatic rings. The van der Waals surface area contributed by atoms with Crippen molar-refractivity contribution >= 4 is 11.3 Å². The predicted molar refractivity (Wildman–Crippen MR) is 80.0 cm³/mol. The van der Waals surface area contributed by atoms with Crippen LogP contribution in [0.3, 0.4) is 0 Å². The van der Waals surface area contributed by atoms with Crippen LogP contribution in [-0.2, 0) is 17.9 Å². The molecule has 18 heavy (non-hydrogen) atoms. The lowest BCUT2D eigenvalue weighted by molar-refractivity contribution is -0.0304. The van der Waals surface area contributed by atoms with Crippen LogP contribution in [0.4, 0.5) is 0 Å². The van der Waals surface area contributed by atoms with Gasteiger partial charge in [-0.3, -0.25) is 0 Å². The van der Waals surface area contributed by atoms with Gasteiger partial charge in [-0.1, -0.05) is 20.8 Å². The Balaban J connectivity index is 2.34. The SMILES string of the molecule is CCC(C)(C)OCc1ccc(CNCC(C)C)s1. The van der Waals surface area contributed by atoms with Crippen molar-refractivity contribution in [1.29, 1.82) is 0 Å². The van der Waals surface area contributed by atoms with Crippen LogP contribution >= 0.6 is 11.3 Å². The highest BCUT2D eigenvalue weighted by atomic mass is 32.1. The first-order valence-electron chi connectivity index (χ1n) is 6.85. The lowest BCUT2D eigenvalue weighted by atomic mass is 10.1. The molecule has 1 heterocycles. The third kappa shape index (κ3) is 5.98. The molecule has 0 saturated carbocycles. The van der Waals surface area contributed by atoms with Gasteiger partial charge in [0.25, 0.3) is 0 Å². The minimum atomic E-state index is -0.0138. The first-order valence-corrected chi connectivity index (χ1v) is 7.67. The van der Waals surface area contributed by atoms with Crippen LogP contribution in [0.5, 0.6) is 0 Å². The monoisotopic (exact) mass is 269 g/mol. The normalized spacial score (nSPS) is 12.3. The molecule has 0 unspecified atom stereocenters. The van der Waals surface area contributed by atoms with E-state index >= 15 is 0 Å². The van der Waals surface area contributed by atoms with Crippen molar-refractivity contribution in [2.45, 2.75) is 59.8 Å². The second kappa shape index (κ2) is 7.27. The van der Waals surface area contributed by atoms with E-state index in [4.69, 9.17) is 4.74 Å². The van der Waals surface area contributed by atoms with E-state index in [1.807, 2.05) is 11.3 Å². The smallest absolute Gasteiger partial charge is 0.0816 e. The molecule has 2 nitrogen and oxygen atoms in total. The maximum absolute atomic E-state index is 5.91. The van der Waals surface area contributed by atoms with Gasteiger partial charge in [0.1, 0.15) is 0 Å². The standard InChI is InChI=1S/C15H27NOS/c1-6-15(4,5)17-11-14-8-7-13(18-14)10-16-9-12(2)3/h7-8,12,16H,6,9-11H2,1-5H3. The van der Waals surface area contributed by atoms with Crippen LogP contribution < -0.4 is 5.32 Å². The fourth-order valence-corrected chi connectivity index (χ4v) is 2.35. The molecular formula is C15H27NOS. The number of hydrogen-bond donors (Lipinski definition) is 1. The minimum absolute atomic E-state index is 0.0138. The van der Waals surface area contributed by atoms with Gasteiger partial charge in [-0.15, -0.1) is 11.3 Å². The summed E-state index contributed by atoms with van der Waals surface area (Å²) in [6, 6.07) is 4.39. The minimum Gasteiger partial charge on any atom is -0.370 e. The van der Waals surface area contributed by atoms with Crippen molar-refractivity contribution in [2.75, 3.05) is 6.54 Å². The van der Waals surface area contributed by atoms with E-state index in [-0.39, 0.29) is 5.60 Å². The zero-order chi connectivity index (χ0) is 13.6. The molecule has 1 aromatic heterocycles. The van der Waals surface area contributed by atoms with Crippen molar-refractivity contribution < 1.29 is 4.74 Å². The lowest BCUT2D eigenvalue weighted by Gasteiger charge is -2.22. The summed E-state index contributed by atoms with van der Waals surface area (Å²) in [5.41, 5.74) is -0.0138. The second-order valence-electron chi connectivity index (χ2n) is 5.79. The zero-order valence-electron chi connectivity index (χ0n) is 12.4. The van der Waals surface area contributed by atoms with E-state index < -0.39 is 0 Å². The van der Waals surface area contributed by atoms with Crippen LogP contribution in [0.2, 0.25) is 0 Å². The highest BCUT2D eigenvalue weighted by molar-refractivity contribution is 7.11. The molecule has 0 bridgehead atoms. The summed E-state index contributed by atoms with van der Waals surface area (Å²) in [5, 5.41) is 3.47. The first-order chi connectivity index (χ1) is 8.43. The van der Waals surface area contributed by atoms with Crippen molar-refractivity contribution in [2.24, 2.45) is 5.92 Å². The summed E-state index contributed by atoms with van der Waals surface area (Å²) >= 11 is 1.85. The Bertz CT molecular complexity index is 344. The van der Waals surface area contributed by atoms with Crippen molar-refractivity contribution in [3.05, 3.63) is 21.9 Å². The molecule has 3 heteroatoms. The van der Waals surface area contributed by atoms with Crippen LogP contribution in [0.25, 0.3) is 0 Å². The van der Waals surface area contributed by atoms with Gasteiger partial charge in [0.05, 0.1) is 12.2 Å². The fourth-order valence-electron chi connectivity index (χ4n) is 1.45. The summed E-state index contributed by atoms with van der Waals surface area (Å²) in [6.45, 7) is 13.7. The molecule has 0 spiro atoms. The Labute approximate surface area is 116 Å². The van der Waals surface area contributed by atoms with Crippen molar-refractivity contribution in [1.82, 2.24) is 5.32 Å². The topological polar surface area (TPSA) is 21.3 Å². The van der Waals surface area contributed by atoms with Gasteiger partial charge in [0.15, 0.2) is 0 Å². The molecule has 0 aliphatic rings. The Hall–Kier alpha value is -0.380. The Morgan fingerprint density at radius 3 is 2.56 bits per heavy atom. The average molecular weight is 269 g/mol. The van der Waals surface area contributed by atoms with E-state index in [1.165, 1.54) is 9.75 Å². The maximum Gasteiger partial charge on any atom is 0.0816 e.